The van der Waals surface area contributed by atoms with Crippen LogP contribution in [-0.2, 0) is 0 Å². The third-order valence-corrected chi connectivity index (χ3v) is 2.37. The highest BCUT2D eigenvalue weighted by molar-refractivity contribution is 5.80. The van der Waals surface area contributed by atoms with E-state index in [1.54, 1.807) is 0 Å². The summed E-state index contributed by atoms with van der Waals surface area (Å²) in [5.41, 5.74) is 8.18. The average Bonchev–Trinajstić information content (AvgIpc) is 2.61. The van der Waals surface area contributed by atoms with Gasteiger partial charge >= 0.3 is 0 Å². The Labute approximate surface area is 83.4 Å². The molecule has 0 bridgehead atoms. The van der Waals surface area contributed by atoms with Crippen molar-refractivity contribution in [3.63, 3.8) is 0 Å². The lowest BCUT2D eigenvalue weighted by molar-refractivity contribution is 0.722. The molecule has 1 aromatic heterocycles. The minimum absolute atomic E-state index is 0.0277. The van der Waals surface area contributed by atoms with Gasteiger partial charge < -0.3 is 10.7 Å². The summed E-state index contributed by atoms with van der Waals surface area (Å²) in [5, 5.41) is 1.21. The zero-order valence-electron chi connectivity index (χ0n) is 8.03. The standard InChI is InChI=1S/C12H14N2/c1-2-5-10(13)12-8-9-6-3-4-7-11(9)14-12/h2-4,6-8,10,14H,1,5,13H2. The second-order valence-corrected chi connectivity index (χ2v) is 3.44. The maximum Gasteiger partial charge on any atom is 0.0482 e. The summed E-state index contributed by atoms with van der Waals surface area (Å²) in [6.07, 6.45) is 2.64. The fourth-order valence-electron chi connectivity index (χ4n) is 1.60. The predicted octanol–water partition coefficient (Wildman–Crippen LogP) is 2.74. The van der Waals surface area contributed by atoms with Crippen LogP contribution in [-0.4, -0.2) is 4.98 Å². The molecule has 3 N–H and O–H groups in total. The Hall–Kier alpha value is -1.54. The molecule has 14 heavy (non-hydrogen) atoms. The molecule has 0 radical (unpaired) electrons. The van der Waals surface area contributed by atoms with E-state index in [2.05, 4.69) is 29.8 Å². The van der Waals surface area contributed by atoms with E-state index >= 15 is 0 Å². The topological polar surface area (TPSA) is 41.8 Å². The SMILES string of the molecule is C=CCC(N)c1cc2ccccc2[nH]1. The van der Waals surface area contributed by atoms with Crippen molar-refractivity contribution in [2.75, 3.05) is 0 Å². The van der Waals surface area contributed by atoms with Crippen molar-refractivity contribution in [1.82, 2.24) is 4.98 Å². The minimum atomic E-state index is 0.0277. The van der Waals surface area contributed by atoms with Gasteiger partial charge in [0.15, 0.2) is 0 Å². The lowest BCUT2D eigenvalue weighted by Crippen LogP contribution is -2.08. The average molecular weight is 186 g/mol. The summed E-state index contributed by atoms with van der Waals surface area (Å²) in [7, 11) is 0. The van der Waals surface area contributed by atoms with Gasteiger partial charge in [0.2, 0.25) is 0 Å². The fourth-order valence-corrected chi connectivity index (χ4v) is 1.60. The second kappa shape index (κ2) is 3.68. The molecule has 0 saturated heterocycles. The quantitative estimate of drug-likeness (QED) is 0.711. The maximum atomic E-state index is 5.97. The van der Waals surface area contributed by atoms with Crippen LogP contribution in [0.15, 0.2) is 43.0 Å². The fraction of sp³-hybridized carbons (Fsp3) is 0.167. The first-order valence-corrected chi connectivity index (χ1v) is 4.75. The number of nitrogens with two attached hydrogens (primary N) is 1. The van der Waals surface area contributed by atoms with Crippen molar-refractivity contribution in [1.29, 1.82) is 0 Å². The summed E-state index contributed by atoms with van der Waals surface area (Å²) in [6.45, 7) is 3.69. The Morgan fingerprint density at radius 2 is 2.21 bits per heavy atom. The summed E-state index contributed by atoms with van der Waals surface area (Å²) in [4.78, 5) is 3.31. The normalized spacial score (nSPS) is 12.9. The summed E-state index contributed by atoms with van der Waals surface area (Å²) in [6, 6.07) is 10.3. The molecule has 1 heterocycles. The minimum Gasteiger partial charge on any atom is -0.357 e. The molecular formula is C12H14N2. The molecule has 1 unspecified atom stereocenters. The molecule has 1 aromatic carbocycles. The van der Waals surface area contributed by atoms with Gasteiger partial charge in [-0.3, -0.25) is 0 Å². The van der Waals surface area contributed by atoms with Crippen LogP contribution in [0.1, 0.15) is 18.2 Å². The van der Waals surface area contributed by atoms with Gasteiger partial charge in [-0.15, -0.1) is 6.58 Å². The number of rotatable bonds is 3. The predicted molar refractivity (Wildman–Crippen MR) is 60.0 cm³/mol. The monoisotopic (exact) mass is 186 g/mol. The van der Waals surface area contributed by atoms with E-state index in [1.165, 1.54) is 5.39 Å². The molecule has 2 heteroatoms. The van der Waals surface area contributed by atoms with Crippen molar-refractivity contribution < 1.29 is 0 Å². The van der Waals surface area contributed by atoms with Crippen LogP contribution in [0, 0.1) is 0 Å². The molecule has 0 amide bonds. The van der Waals surface area contributed by atoms with Crippen molar-refractivity contribution >= 4 is 10.9 Å². The number of H-pyrrole nitrogens is 1. The highest BCUT2D eigenvalue weighted by atomic mass is 14.8. The van der Waals surface area contributed by atoms with E-state index in [0.717, 1.165) is 17.6 Å². The van der Waals surface area contributed by atoms with Crippen LogP contribution in [0.5, 0.6) is 0 Å². The molecule has 0 aliphatic carbocycles. The Morgan fingerprint density at radius 1 is 1.43 bits per heavy atom. The van der Waals surface area contributed by atoms with Gasteiger partial charge in [0.25, 0.3) is 0 Å². The largest absolute Gasteiger partial charge is 0.357 e. The first-order chi connectivity index (χ1) is 6.81. The van der Waals surface area contributed by atoms with Crippen LogP contribution in [0.2, 0.25) is 0 Å². The zero-order valence-corrected chi connectivity index (χ0v) is 8.03. The second-order valence-electron chi connectivity index (χ2n) is 3.44. The number of hydrogen-bond donors (Lipinski definition) is 2. The van der Waals surface area contributed by atoms with Gasteiger partial charge in [0.05, 0.1) is 0 Å². The number of benzene rings is 1. The van der Waals surface area contributed by atoms with Crippen LogP contribution < -0.4 is 5.73 Å². The number of para-hydroxylation sites is 1. The van der Waals surface area contributed by atoms with Crippen LogP contribution >= 0.6 is 0 Å². The smallest absolute Gasteiger partial charge is 0.0482 e. The van der Waals surface area contributed by atoms with Crippen molar-refractivity contribution in [2.24, 2.45) is 5.73 Å². The molecule has 0 aliphatic rings. The Morgan fingerprint density at radius 3 is 2.93 bits per heavy atom. The van der Waals surface area contributed by atoms with Crippen LogP contribution in [0.3, 0.4) is 0 Å². The van der Waals surface area contributed by atoms with E-state index in [0.29, 0.717) is 0 Å². The first-order valence-electron chi connectivity index (χ1n) is 4.75. The Bertz CT molecular complexity index is 409. The van der Waals surface area contributed by atoms with E-state index in [9.17, 15) is 0 Å². The number of hydrogen-bond acceptors (Lipinski definition) is 1. The molecule has 2 aromatic rings. The van der Waals surface area contributed by atoms with Crippen molar-refractivity contribution in [3.05, 3.63) is 48.7 Å². The first kappa shape index (κ1) is 9.03. The lowest BCUT2D eigenvalue weighted by atomic mass is 10.1. The van der Waals surface area contributed by atoms with Gasteiger partial charge in [-0.2, -0.15) is 0 Å². The lowest BCUT2D eigenvalue weighted by Gasteiger charge is -2.04. The van der Waals surface area contributed by atoms with Gasteiger partial charge in [0.1, 0.15) is 0 Å². The molecule has 2 nitrogen and oxygen atoms in total. The van der Waals surface area contributed by atoms with Gasteiger partial charge in [-0.25, -0.2) is 0 Å². The molecular weight excluding hydrogens is 172 g/mol. The third kappa shape index (κ3) is 1.56. The number of fused-ring (bicyclic) bond motifs is 1. The van der Waals surface area contributed by atoms with Gasteiger partial charge in [-0.1, -0.05) is 24.3 Å². The Balaban J connectivity index is 2.39. The van der Waals surface area contributed by atoms with Crippen LogP contribution in [0.4, 0.5) is 0 Å². The molecule has 0 saturated carbocycles. The van der Waals surface area contributed by atoms with Gasteiger partial charge in [-0.05, 0) is 23.9 Å². The summed E-state index contributed by atoms with van der Waals surface area (Å²) < 4.78 is 0. The molecule has 0 aliphatic heterocycles. The van der Waals surface area contributed by atoms with E-state index in [1.807, 2.05) is 18.2 Å². The number of aromatic nitrogens is 1. The van der Waals surface area contributed by atoms with E-state index in [4.69, 9.17) is 5.73 Å². The highest BCUT2D eigenvalue weighted by Crippen LogP contribution is 2.20. The number of nitrogens with one attached hydrogen (secondary N) is 1. The maximum absolute atomic E-state index is 5.97. The molecule has 72 valence electrons. The molecule has 0 fully saturated rings. The van der Waals surface area contributed by atoms with E-state index < -0.39 is 0 Å². The summed E-state index contributed by atoms with van der Waals surface area (Å²) in [5.74, 6) is 0. The molecule has 2 rings (SSSR count). The van der Waals surface area contributed by atoms with Crippen LogP contribution in [0.25, 0.3) is 10.9 Å². The van der Waals surface area contributed by atoms with Crippen molar-refractivity contribution in [3.8, 4) is 0 Å². The summed E-state index contributed by atoms with van der Waals surface area (Å²) >= 11 is 0. The third-order valence-electron chi connectivity index (χ3n) is 2.37. The highest BCUT2D eigenvalue weighted by Gasteiger charge is 2.06. The molecule has 0 spiro atoms. The van der Waals surface area contributed by atoms with Gasteiger partial charge in [0, 0.05) is 17.3 Å². The van der Waals surface area contributed by atoms with E-state index in [-0.39, 0.29) is 6.04 Å². The van der Waals surface area contributed by atoms with Crippen molar-refractivity contribution in [2.45, 2.75) is 12.5 Å². The molecule has 1 atom stereocenters. The number of aromatic amines is 1. The zero-order chi connectivity index (χ0) is 9.97. The Kier molecular flexibility index (Phi) is 2.37.